The highest BCUT2D eigenvalue weighted by Crippen LogP contribution is 2.36. The molecule has 0 aliphatic carbocycles. The summed E-state index contributed by atoms with van der Waals surface area (Å²) in [5, 5.41) is 0. The summed E-state index contributed by atoms with van der Waals surface area (Å²) in [6.07, 6.45) is 2.00. The molecule has 1 unspecified atom stereocenters. The standard InChI is InChI=1S/C13H20N4O/c1-9-7-10(2)16-12(15-9)13(3)5-4-6-17(13)8-11(14)18/h7H,4-6,8H2,1-3H3,(H2,14,18). The van der Waals surface area contributed by atoms with Crippen molar-refractivity contribution in [2.45, 2.75) is 39.2 Å². The van der Waals surface area contributed by atoms with Crippen LogP contribution in [0.15, 0.2) is 6.07 Å². The molecule has 1 aliphatic rings. The molecule has 1 saturated heterocycles. The second kappa shape index (κ2) is 4.65. The van der Waals surface area contributed by atoms with E-state index < -0.39 is 0 Å². The third kappa shape index (κ3) is 2.36. The van der Waals surface area contributed by atoms with E-state index in [1.54, 1.807) is 0 Å². The molecule has 0 aromatic carbocycles. The van der Waals surface area contributed by atoms with Crippen LogP contribution in [0.1, 0.15) is 37.0 Å². The molecule has 0 spiro atoms. The van der Waals surface area contributed by atoms with Gasteiger partial charge in [-0.05, 0) is 46.2 Å². The van der Waals surface area contributed by atoms with Crippen LogP contribution in [0.25, 0.3) is 0 Å². The topological polar surface area (TPSA) is 72.1 Å². The fourth-order valence-corrected chi connectivity index (χ4v) is 2.68. The summed E-state index contributed by atoms with van der Waals surface area (Å²) in [6.45, 7) is 7.17. The highest BCUT2D eigenvalue weighted by Gasteiger charge is 2.41. The van der Waals surface area contributed by atoms with E-state index in [9.17, 15) is 4.79 Å². The van der Waals surface area contributed by atoms with Gasteiger partial charge in [-0.15, -0.1) is 0 Å². The molecule has 5 heteroatoms. The lowest BCUT2D eigenvalue weighted by molar-refractivity contribution is -0.120. The number of nitrogens with two attached hydrogens (primary N) is 1. The second-order valence-corrected chi connectivity index (χ2v) is 5.24. The van der Waals surface area contributed by atoms with Crippen molar-refractivity contribution in [2.75, 3.05) is 13.1 Å². The summed E-state index contributed by atoms with van der Waals surface area (Å²) in [5.41, 5.74) is 6.96. The number of aromatic nitrogens is 2. The number of hydrogen-bond donors (Lipinski definition) is 1. The van der Waals surface area contributed by atoms with E-state index in [2.05, 4.69) is 21.8 Å². The van der Waals surface area contributed by atoms with Gasteiger partial charge in [0, 0.05) is 11.4 Å². The third-order valence-corrected chi connectivity index (χ3v) is 3.60. The zero-order valence-corrected chi connectivity index (χ0v) is 11.2. The minimum Gasteiger partial charge on any atom is -0.369 e. The van der Waals surface area contributed by atoms with Crippen molar-refractivity contribution in [2.24, 2.45) is 5.73 Å². The molecule has 1 aromatic rings. The Morgan fingerprint density at radius 1 is 1.44 bits per heavy atom. The lowest BCUT2D eigenvalue weighted by atomic mass is 9.97. The highest BCUT2D eigenvalue weighted by atomic mass is 16.1. The van der Waals surface area contributed by atoms with Crippen LogP contribution in [0.2, 0.25) is 0 Å². The lowest BCUT2D eigenvalue weighted by Gasteiger charge is -2.33. The Balaban J connectivity index is 2.36. The van der Waals surface area contributed by atoms with E-state index in [1.165, 1.54) is 0 Å². The quantitative estimate of drug-likeness (QED) is 0.862. The predicted molar refractivity (Wildman–Crippen MR) is 68.9 cm³/mol. The molecule has 1 aromatic heterocycles. The molecule has 2 rings (SSSR count). The van der Waals surface area contributed by atoms with Crippen LogP contribution in [0.5, 0.6) is 0 Å². The lowest BCUT2D eigenvalue weighted by Crippen LogP contribution is -2.44. The summed E-state index contributed by atoms with van der Waals surface area (Å²) in [5.74, 6) is 0.506. The number of primary amides is 1. The monoisotopic (exact) mass is 248 g/mol. The van der Waals surface area contributed by atoms with E-state index in [-0.39, 0.29) is 18.0 Å². The summed E-state index contributed by atoms with van der Waals surface area (Å²) in [6, 6.07) is 1.96. The molecule has 1 atom stereocenters. The predicted octanol–water partition coefficient (Wildman–Crippen LogP) is 0.890. The zero-order valence-electron chi connectivity index (χ0n) is 11.2. The summed E-state index contributed by atoms with van der Waals surface area (Å²) in [4.78, 5) is 22.3. The Labute approximate surface area is 107 Å². The normalized spacial score (nSPS) is 24.4. The van der Waals surface area contributed by atoms with Gasteiger partial charge in [0.1, 0.15) is 5.82 Å². The van der Waals surface area contributed by atoms with Crippen LogP contribution >= 0.6 is 0 Å². The summed E-state index contributed by atoms with van der Waals surface area (Å²) >= 11 is 0. The maximum absolute atomic E-state index is 11.1. The van der Waals surface area contributed by atoms with Gasteiger partial charge in [-0.25, -0.2) is 9.97 Å². The minimum atomic E-state index is -0.299. The Bertz CT molecular complexity index is 454. The van der Waals surface area contributed by atoms with Crippen LogP contribution in [-0.2, 0) is 10.3 Å². The molecule has 0 bridgehead atoms. The van der Waals surface area contributed by atoms with Gasteiger partial charge in [0.2, 0.25) is 5.91 Å². The van der Waals surface area contributed by atoms with E-state index >= 15 is 0 Å². The molecular weight excluding hydrogens is 228 g/mol. The van der Waals surface area contributed by atoms with Gasteiger partial charge in [0.15, 0.2) is 0 Å². The van der Waals surface area contributed by atoms with E-state index in [0.29, 0.717) is 0 Å². The molecule has 0 saturated carbocycles. The van der Waals surface area contributed by atoms with Gasteiger partial charge < -0.3 is 5.73 Å². The molecule has 2 heterocycles. The van der Waals surface area contributed by atoms with Gasteiger partial charge in [-0.2, -0.15) is 0 Å². The van der Waals surface area contributed by atoms with Gasteiger partial charge in [-0.3, -0.25) is 9.69 Å². The fraction of sp³-hybridized carbons (Fsp3) is 0.615. The first kappa shape index (κ1) is 13.0. The van der Waals surface area contributed by atoms with E-state index in [1.807, 2.05) is 19.9 Å². The molecule has 98 valence electrons. The third-order valence-electron chi connectivity index (χ3n) is 3.60. The number of rotatable bonds is 3. The van der Waals surface area contributed by atoms with Crippen LogP contribution in [0.3, 0.4) is 0 Å². The van der Waals surface area contributed by atoms with Gasteiger partial charge in [0.05, 0.1) is 12.1 Å². The van der Waals surface area contributed by atoms with Crippen molar-refractivity contribution in [3.63, 3.8) is 0 Å². The number of hydrogen-bond acceptors (Lipinski definition) is 4. The van der Waals surface area contributed by atoms with Crippen molar-refractivity contribution >= 4 is 5.91 Å². The minimum absolute atomic E-state index is 0.271. The molecular formula is C13H20N4O. The zero-order chi connectivity index (χ0) is 13.3. The first-order valence-corrected chi connectivity index (χ1v) is 6.28. The maximum Gasteiger partial charge on any atom is 0.231 e. The largest absolute Gasteiger partial charge is 0.369 e. The molecule has 18 heavy (non-hydrogen) atoms. The van der Waals surface area contributed by atoms with Gasteiger partial charge >= 0.3 is 0 Å². The SMILES string of the molecule is Cc1cc(C)nc(C2(C)CCCN2CC(N)=O)n1. The summed E-state index contributed by atoms with van der Waals surface area (Å²) in [7, 11) is 0. The van der Waals surface area contributed by atoms with Crippen molar-refractivity contribution in [3.05, 3.63) is 23.3 Å². The van der Waals surface area contributed by atoms with Crippen LogP contribution < -0.4 is 5.73 Å². The first-order valence-electron chi connectivity index (χ1n) is 6.28. The maximum atomic E-state index is 11.1. The van der Waals surface area contributed by atoms with E-state index in [0.717, 1.165) is 36.6 Å². The number of carbonyl (C=O) groups excluding carboxylic acids is 1. The average molecular weight is 248 g/mol. The molecule has 1 aliphatic heterocycles. The number of aryl methyl sites for hydroxylation is 2. The average Bonchev–Trinajstić information content (AvgIpc) is 2.59. The summed E-state index contributed by atoms with van der Waals surface area (Å²) < 4.78 is 0. The van der Waals surface area contributed by atoms with Crippen LogP contribution in [0.4, 0.5) is 0 Å². The Morgan fingerprint density at radius 2 is 2.06 bits per heavy atom. The van der Waals surface area contributed by atoms with Crippen molar-refractivity contribution in [1.82, 2.24) is 14.9 Å². The van der Waals surface area contributed by atoms with Crippen molar-refractivity contribution < 1.29 is 4.79 Å². The number of amides is 1. The van der Waals surface area contributed by atoms with Gasteiger partial charge in [0.25, 0.3) is 0 Å². The van der Waals surface area contributed by atoms with Crippen LogP contribution in [0, 0.1) is 13.8 Å². The Morgan fingerprint density at radius 3 is 2.61 bits per heavy atom. The molecule has 2 N–H and O–H groups in total. The second-order valence-electron chi connectivity index (χ2n) is 5.24. The fourth-order valence-electron chi connectivity index (χ4n) is 2.68. The van der Waals surface area contributed by atoms with E-state index in [4.69, 9.17) is 5.73 Å². The van der Waals surface area contributed by atoms with Crippen molar-refractivity contribution in [3.8, 4) is 0 Å². The molecule has 5 nitrogen and oxygen atoms in total. The van der Waals surface area contributed by atoms with Crippen LogP contribution in [-0.4, -0.2) is 33.9 Å². The molecule has 1 fully saturated rings. The smallest absolute Gasteiger partial charge is 0.231 e. The van der Waals surface area contributed by atoms with Crippen molar-refractivity contribution in [1.29, 1.82) is 0 Å². The number of nitrogens with zero attached hydrogens (tertiary/aromatic N) is 3. The number of carbonyl (C=O) groups is 1. The van der Waals surface area contributed by atoms with Gasteiger partial charge in [-0.1, -0.05) is 0 Å². The molecule has 1 amide bonds. The number of likely N-dealkylation sites (tertiary alicyclic amines) is 1. The Kier molecular flexibility index (Phi) is 3.34. The first-order chi connectivity index (χ1) is 8.41. The molecule has 0 radical (unpaired) electrons. The Hall–Kier alpha value is -1.49. The highest BCUT2D eigenvalue weighted by molar-refractivity contribution is 5.76.